The summed E-state index contributed by atoms with van der Waals surface area (Å²) in [5.74, 6) is 0. The van der Waals surface area contributed by atoms with Crippen molar-refractivity contribution in [3.05, 3.63) is 0 Å². The van der Waals surface area contributed by atoms with Gasteiger partial charge in [-0.3, -0.25) is 0 Å². The highest BCUT2D eigenvalue weighted by atomic mass is 19.3. The van der Waals surface area contributed by atoms with Crippen molar-refractivity contribution in [1.29, 1.82) is 0 Å². The van der Waals surface area contributed by atoms with Crippen molar-refractivity contribution in [2.45, 2.75) is 25.0 Å². The molecule has 0 spiro atoms. The minimum absolute atomic E-state index is 0.126. The minimum Gasteiger partial charge on any atom is -0.320 e. The van der Waals surface area contributed by atoms with Crippen LogP contribution in [-0.4, -0.2) is 18.8 Å². The number of rotatable bonds is 0. The lowest BCUT2D eigenvalue weighted by atomic mass is 10.1. The lowest BCUT2D eigenvalue weighted by Gasteiger charge is -2.27. The van der Waals surface area contributed by atoms with Gasteiger partial charge in [0, 0.05) is 0 Å². The molecular formula is C5H9F2NO. The summed E-state index contributed by atoms with van der Waals surface area (Å²) >= 11 is 0. The first-order valence-electron chi connectivity index (χ1n) is 2.90. The molecule has 0 aromatic heterocycles. The van der Waals surface area contributed by atoms with E-state index in [2.05, 4.69) is 4.74 Å². The molecule has 0 bridgehead atoms. The molecular weight excluding hydrogens is 128 g/mol. The van der Waals surface area contributed by atoms with E-state index in [4.69, 9.17) is 5.73 Å². The van der Waals surface area contributed by atoms with Gasteiger partial charge in [-0.15, -0.1) is 0 Å². The molecule has 1 fully saturated rings. The second kappa shape index (κ2) is 2.19. The van der Waals surface area contributed by atoms with E-state index in [0.29, 0.717) is 12.8 Å². The van der Waals surface area contributed by atoms with Gasteiger partial charge in [0.05, 0.1) is 12.6 Å². The summed E-state index contributed by atoms with van der Waals surface area (Å²) in [6.07, 6.45) is -2.10. The second-order valence-corrected chi connectivity index (χ2v) is 2.16. The molecule has 2 N–H and O–H groups in total. The van der Waals surface area contributed by atoms with Crippen LogP contribution < -0.4 is 5.73 Å². The smallest absolute Gasteiger partial charge is 0.320 e. The van der Waals surface area contributed by atoms with E-state index in [1.54, 1.807) is 0 Å². The van der Waals surface area contributed by atoms with Crippen LogP contribution in [0.4, 0.5) is 8.78 Å². The van der Waals surface area contributed by atoms with E-state index >= 15 is 0 Å². The van der Waals surface area contributed by atoms with Gasteiger partial charge in [-0.2, -0.15) is 8.78 Å². The summed E-state index contributed by atoms with van der Waals surface area (Å²) in [6, 6.07) is -1.11. The fourth-order valence-corrected chi connectivity index (χ4v) is 0.787. The Balaban J connectivity index is 2.49. The highest BCUT2D eigenvalue weighted by Crippen LogP contribution is 2.26. The summed E-state index contributed by atoms with van der Waals surface area (Å²) in [5.41, 5.74) is 5.04. The van der Waals surface area contributed by atoms with Gasteiger partial charge in [-0.1, -0.05) is 0 Å². The van der Waals surface area contributed by atoms with Gasteiger partial charge >= 0.3 is 6.11 Å². The van der Waals surface area contributed by atoms with E-state index < -0.39 is 12.2 Å². The van der Waals surface area contributed by atoms with Crippen LogP contribution in [0, 0.1) is 0 Å². The molecule has 0 aliphatic carbocycles. The molecule has 0 amide bonds. The van der Waals surface area contributed by atoms with Gasteiger partial charge in [0.1, 0.15) is 0 Å². The van der Waals surface area contributed by atoms with Crippen LogP contribution in [0.3, 0.4) is 0 Å². The second-order valence-electron chi connectivity index (χ2n) is 2.16. The normalized spacial score (nSPS) is 34.3. The Hall–Kier alpha value is -0.220. The summed E-state index contributed by atoms with van der Waals surface area (Å²) in [5, 5.41) is 0. The Morgan fingerprint density at radius 3 is 2.56 bits per heavy atom. The Labute approximate surface area is 52.0 Å². The van der Waals surface area contributed by atoms with Crippen LogP contribution in [0.2, 0.25) is 0 Å². The third-order valence-corrected chi connectivity index (χ3v) is 1.39. The molecule has 1 heterocycles. The van der Waals surface area contributed by atoms with E-state index in [-0.39, 0.29) is 6.61 Å². The zero-order valence-electron chi connectivity index (χ0n) is 4.94. The third-order valence-electron chi connectivity index (χ3n) is 1.39. The Morgan fingerprint density at radius 1 is 1.56 bits per heavy atom. The molecule has 0 aromatic carbocycles. The Morgan fingerprint density at radius 2 is 2.22 bits per heavy atom. The maximum atomic E-state index is 12.3. The largest absolute Gasteiger partial charge is 0.370 e. The fourth-order valence-electron chi connectivity index (χ4n) is 0.787. The van der Waals surface area contributed by atoms with Crippen LogP contribution in [0.5, 0.6) is 0 Å². The number of ether oxygens (including phenoxy) is 1. The first-order chi connectivity index (χ1) is 4.13. The molecule has 54 valence electrons. The average Bonchev–Trinajstić information content (AvgIpc) is 1.77. The summed E-state index contributed by atoms with van der Waals surface area (Å²) in [6.45, 7) is 0.126. The van der Waals surface area contributed by atoms with E-state index in [1.807, 2.05) is 0 Å². The summed E-state index contributed by atoms with van der Waals surface area (Å²) in [7, 11) is 0. The van der Waals surface area contributed by atoms with Crippen molar-refractivity contribution in [3.63, 3.8) is 0 Å². The number of alkyl halides is 2. The standard InChI is InChI=1S/C5H9F2NO/c6-5(7)4(8)2-1-3-9-5/h4H,1-3,8H2. The molecule has 1 atom stereocenters. The molecule has 4 heteroatoms. The highest BCUT2D eigenvalue weighted by molar-refractivity contribution is 4.75. The SMILES string of the molecule is NC1CCCOC1(F)F. The van der Waals surface area contributed by atoms with Gasteiger partial charge in [-0.05, 0) is 12.8 Å². The molecule has 1 aliphatic heterocycles. The molecule has 2 nitrogen and oxygen atoms in total. The lowest BCUT2D eigenvalue weighted by Crippen LogP contribution is -2.46. The van der Waals surface area contributed by atoms with E-state index in [0.717, 1.165) is 0 Å². The van der Waals surface area contributed by atoms with Gasteiger partial charge < -0.3 is 10.5 Å². The van der Waals surface area contributed by atoms with Crippen LogP contribution in [0.25, 0.3) is 0 Å². The molecule has 0 saturated carbocycles. The molecule has 9 heavy (non-hydrogen) atoms. The first-order valence-corrected chi connectivity index (χ1v) is 2.90. The van der Waals surface area contributed by atoms with Crippen molar-refractivity contribution in [3.8, 4) is 0 Å². The molecule has 0 radical (unpaired) electrons. The molecule has 0 aromatic rings. The summed E-state index contributed by atoms with van der Waals surface area (Å²) < 4.78 is 28.6. The van der Waals surface area contributed by atoms with Gasteiger partial charge in [0.25, 0.3) is 0 Å². The Bertz CT molecular complexity index is 107. The maximum Gasteiger partial charge on any atom is 0.370 e. The van der Waals surface area contributed by atoms with Crippen LogP contribution in [0.1, 0.15) is 12.8 Å². The number of halogens is 2. The zero-order chi connectivity index (χ0) is 6.91. The number of hydrogen-bond acceptors (Lipinski definition) is 2. The molecule has 1 unspecified atom stereocenters. The first kappa shape index (κ1) is 6.89. The van der Waals surface area contributed by atoms with Crippen molar-refractivity contribution in [2.24, 2.45) is 5.73 Å². The topological polar surface area (TPSA) is 35.2 Å². The number of nitrogens with two attached hydrogens (primary N) is 1. The average molecular weight is 137 g/mol. The predicted octanol–water partition coefficient (Wildman–Crippen LogP) is 0.717. The fraction of sp³-hybridized carbons (Fsp3) is 1.00. The Kier molecular flexibility index (Phi) is 1.68. The van der Waals surface area contributed by atoms with E-state index in [9.17, 15) is 8.78 Å². The zero-order valence-corrected chi connectivity index (χ0v) is 4.94. The minimum atomic E-state index is -3.09. The molecule has 1 saturated heterocycles. The summed E-state index contributed by atoms with van der Waals surface area (Å²) in [4.78, 5) is 0. The van der Waals surface area contributed by atoms with Gasteiger partial charge in [0.15, 0.2) is 0 Å². The maximum absolute atomic E-state index is 12.3. The van der Waals surface area contributed by atoms with Gasteiger partial charge in [0.2, 0.25) is 0 Å². The lowest BCUT2D eigenvalue weighted by molar-refractivity contribution is -0.267. The predicted molar refractivity (Wildman–Crippen MR) is 28.1 cm³/mol. The highest BCUT2D eigenvalue weighted by Gasteiger charge is 2.40. The van der Waals surface area contributed by atoms with Crippen LogP contribution >= 0.6 is 0 Å². The molecule has 1 aliphatic rings. The molecule has 1 rings (SSSR count). The van der Waals surface area contributed by atoms with E-state index in [1.165, 1.54) is 0 Å². The van der Waals surface area contributed by atoms with Crippen molar-refractivity contribution in [1.82, 2.24) is 0 Å². The van der Waals surface area contributed by atoms with Crippen molar-refractivity contribution in [2.75, 3.05) is 6.61 Å². The van der Waals surface area contributed by atoms with Crippen molar-refractivity contribution >= 4 is 0 Å². The van der Waals surface area contributed by atoms with Crippen LogP contribution in [-0.2, 0) is 4.74 Å². The third kappa shape index (κ3) is 1.37. The van der Waals surface area contributed by atoms with Gasteiger partial charge in [-0.25, -0.2) is 0 Å². The number of hydrogen-bond donors (Lipinski definition) is 1. The quantitative estimate of drug-likeness (QED) is 0.533. The monoisotopic (exact) mass is 137 g/mol. The van der Waals surface area contributed by atoms with Crippen molar-refractivity contribution < 1.29 is 13.5 Å². The van der Waals surface area contributed by atoms with Crippen LogP contribution in [0.15, 0.2) is 0 Å².